The Bertz CT molecular complexity index is 1050. The second kappa shape index (κ2) is 8.70. The third kappa shape index (κ3) is 5.08. The first kappa shape index (κ1) is 20.3. The van der Waals surface area contributed by atoms with Gasteiger partial charge in [0, 0.05) is 5.56 Å². The number of thiophene rings is 1. The first-order valence-corrected chi connectivity index (χ1v) is 9.18. The summed E-state index contributed by atoms with van der Waals surface area (Å²) in [5.41, 5.74) is 1.53. The maximum atomic E-state index is 13.0. The van der Waals surface area contributed by atoms with E-state index in [1.54, 1.807) is 35.7 Å². The molecular weight excluding hydrogens is 403 g/mol. The Hall–Kier alpha value is -3.46. The number of halogens is 3. The van der Waals surface area contributed by atoms with Crippen LogP contribution >= 0.6 is 11.3 Å². The summed E-state index contributed by atoms with van der Waals surface area (Å²) >= 11 is 1.25. The summed E-state index contributed by atoms with van der Waals surface area (Å²) in [6.07, 6.45) is -3.61. The number of hydrogen-bond acceptors (Lipinski definition) is 4. The molecule has 0 aliphatic rings. The fourth-order valence-corrected chi connectivity index (χ4v) is 3.09. The van der Waals surface area contributed by atoms with Crippen LogP contribution < -0.4 is 10.7 Å². The number of hydrogen-bond donors (Lipinski definition) is 2. The summed E-state index contributed by atoms with van der Waals surface area (Å²) < 4.78 is 39.0. The Kier molecular flexibility index (Phi) is 6.08. The minimum absolute atomic E-state index is 0.124. The Morgan fingerprint density at radius 3 is 2.38 bits per heavy atom. The van der Waals surface area contributed by atoms with E-state index < -0.39 is 17.6 Å². The molecule has 2 amide bonds. The fraction of sp³-hybridized carbons (Fsp3) is 0.0500. The molecule has 0 radical (unpaired) electrons. The second-order valence-electron chi connectivity index (χ2n) is 5.76. The normalized spacial score (nSPS) is 11.4. The average molecular weight is 417 g/mol. The van der Waals surface area contributed by atoms with E-state index in [4.69, 9.17) is 0 Å². The predicted octanol–water partition coefficient (Wildman–Crippen LogP) is 4.78. The van der Waals surface area contributed by atoms with Gasteiger partial charge in [-0.1, -0.05) is 36.4 Å². The number of alkyl halides is 3. The van der Waals surface area contributed by atoms with Crippen LogP contribution in [0.4, 0.5) is 18.9 Å². The molecule has 0 fully saturated rings. The van der Waals surface area contributed by atoms with Gasteiger partial charge in [-0.25, -0.2) is 5.43 Å². The van der Waals surface area contributed by atoms with Crippen molar-refractivity contribution in [3.05, 3.63) is 87.6 Å². The number of amides is 2. The first-order valence-electron chi connectivity index (χ1n) is 8.30. The molecule has 2 aromatic carbocycles. The van der Waals surface area contributed by atoms with Crippen LogP contribution in [0.5, 0.6) is 0 Å². The average Bonchev–Trinajstić information content (AvgIpc) is 3.23. The molecule has 0 saturated carbocycles. The van der Waals surface area contributed by atoms with Gasteiger partial charge in [0.05, 0.1) is 27.9 Å². The Morgan fingerprint density at radius 2 is 1.66 bits per heavy atom. The van der Waals surface area contributed by atoms with Crippen molar-refractivity contribution in [3.63, 3.8) is 0 Å². The Balaban J connectivity index is 1.74. The van der Waals surface area contributed by atoms with Gasteiger partial charge in [0.25, 0.3) is 11.8 Å². The van der Waals surface area contributed by atoms with Crippen LogP contribution in [0.15, 0.2) is 71.1 Å². The maximum absolute atomic E-state index is 13.0. The number of para-hydroxylation sites is 1. The molecule has 148 valence electrons. The predicted molar refractivity (Wildman–Crippen MR) is 105 cm³/mol. The molecule has 1 aromatic heterocycles. The van der Waals surface area contributed by atoms with Crippen LogP contribution in [0.25, 0.3) is 0 Å². The van der Waals surface area contributed by atoms with Crippen molar-refractivity contribution in [1.29, 1.82) is 0 Å². The first-order chi connectivity index (χ1) is 13.9. The molecule has 5 nitrogen and oxygen atoms in total. The molecule has 29 heavy (non-hydrogen) atoms. The van der Waals surface area contributed by atoms with E-state index in [0.717, 1.165) is 12.3 Å². The van der Waals surface area contributed by atoms with Crippen molar-refractivity contribution in [3.8, 4) is 0 Å². The highest BCUT2D eigenvalue weighted by atomic mass is 32.1. The Labute approximate surface area is 167 Å². The van der Waals surface area contributed by atoms with E-state index in [1.807, 2.05) is 0 Å². The third-order valence-electron chi connectivity index (χ3n) is 3.80. The molecule has 3 aromatic rings. The third-order valence-corrected chi connectivity index (χ3v) is 4.67. The SMILES string of the molecule is O=C(Nc1ccccc1C(=O)N/N=C\c1ccccc1C(F)(F)F)c1cccs1. The highest BCUT2D eigenvalue weighted by Gasteiger charge is 2.32. The van der Waals surface area contributed by atoms with Crippen molar-refractivity contribution < 1.29 is 22.8 Å². The van der Waals surface area contributed by atoms with Gasteiger partial charge in [-0.3, -0.25) is 9.59 Å². The summed E-state index contributed by atoms with van der Waals surface area (Å²) in [6.45, 7) is 0. The van der Waals surface area contributed by atoms with E-state index in [0.29, 0.717) is 4.88 Å². The minimum Gasteiger partial charge on any atom is -0.321 e. The van der Waals surface area contributed by atoms with Crippen LogP contribution in [-0.2, 0) is 6.18 Å². The number of hydrazone groups is 1. The summed E-state index contributed by atoms with van der Waals surface area (Å²) in [5, 5.41) is 8.02. The van der Waals surface area contributed by atoms with Crippen LogP contribution in [0.2, 0.25) is 0 Å². The lowest BCUT2D eigenvalue weighted by atomic mass is 10.1. The summed E-state index contributed by atoms with van der Waals surface area (Å²) in [4.78, 5) is 25.1. The number of anilines is 1. The van der Waals surface area contributed by atoms with Crippen LogP contribution in [0, 0.1) is 0 Å². The molecule has 0 atom stereocenters. The smallest absolute Gasteiger partial charge is 0.321 e. The number of benzene rings is 2. The molecular formula is C20H14F3N3O2S. The molecule has 9 heteroatoms. The number of carbonyl (C=O) groups is 2. The number of carbonyl (C=O) groups excluding carboxylic acids is 2. The van der Waals surface area contributed by atoms with E-state index in [9.17, 15) is 22.8 Å². The van der Waals surface area contributed by atoms with E-state index in [2.05, 4.69) is 15.8 Å². The molecule has 0 aliphatic carbocycles. The lowest BCUT2D eigenvalue weighted by molar-refractivity contribution is -0.137. The zero-order valence-corrected chi connectivity index (χ0v) is 15.6. The van der Waals surface area contributed by atoms with Crippen molar-refractivity contribution in [2.45, 2.75) is 6.18 Å². The molecule has 0 aliphatic heterocycles. The van der Waals surface area contributed by atoms with Crippen LogP contribution in [0.3, 0.4) is 0 Å². The Morgan fingerprint density at radius 1 is 0.931 bits per heavy atom. The molecule has 0 bridgehead atoms. The van der Waals surface area contributed by atoms with Crippen molar-refractivity contribution in [1.82, 2.24) is 5.43 Å². The fourth-order valence-electron chi connectivity index (χ4n) is 2.47. The van der Waals surface area contributed by atoms with Crippen molar-refractivity contribution in [2.75, 3.05) is 5.32 Å². The van der Waals surface area contributed by atoms with Gasteiger partial charge in [-0.15, -0.1) is 11.3 Å². The van der Waals surface area contributed by atoms with E-state index >= 15 is 0 Å². The van der Waals surface area contributed by atoms with Crippen LogP contribution in [-0.4, -0.2) is 18.0 Å². The van der Waals surface area contributed by atoms with Gasteiger partial charge in [-0.05, 0) is 29.6 Å². The van der Waals surface area contributed by atoms with Gasteiger partial charge < -0.3 is 5.32 Å². The van der Waals surface area contributed by atoms with Crippen molar-refractivity contribution in [2.24, 2.45) is 5.10 Å². The van der Waals surface area contributed by atoms with Crippen molar-refractivity contribution >= 4 is 35.1 Å². The minimum atomic E-state index is -4.54. The number of nitrogens with one attached hydrogen (secondary N) is 2. The zero-order valence-electron chi connectivity index (χ0n) is 14.7. The van der Waals surface area contributed by atoms with Gasteiger partial charge in [0.2, 0.25) is 0 Å². The number of nitrogens with zero attached hydrogens (tertiary/aromatic N) is 1. The molecule has 0 unspecified atom stereocenters. The lowest BCUT2D eigenvalue weighted by Gasteiger charge is -2.10. The van der Waals surface area contributed by atoms with Gasteiger partial charge in [0.1, 0.15) is 0 Å². The largest absolute Gasteiger partial charge is 0.417 e. The van der Waals surface area contributed by atoms with Gasteiger partial charge in [0.15, 0.2) is 0 Å². The zero-order chi connectivity index (χ0) is 20.9. The van der Waals surface area contributed by atoms with Crippen LogP contribution in [0.1, 0.15) is 31.2 Å². The van der Waals surface area contributed by atoms with E-state index in [-0.39, 0.29) is 22.7 Å². The molecule has 0 saturated heterocycles. The second-order valence-corrected chi connectivity index (χ2v) is 6.71. The van der Waals surface area contributed by atoms with Gasteiger partial charge in [-0.2, -0.15) is 18.3 Å². The highest BCUT2D eigenvalue weighted by Crippen LogP contribution is 2.31. The topological polar surface area (TPSA) is 70.6 Å². The lowest BCUT2D eigenvalue weighted by Crippen LogP contribution is -2.21. The monoisotopic (exact) mass is 417 g/mol. The number of rotatable bonds is 5. The standard InChI is InChI=1S/C20H14F3N3O2S/c21-20(22,23)15-8-3-1-6-13(15)12-24-26-18(27)14-7-2-4-9-16(14)25-19(28)17-10-5-11-29-17/h1-12H,(H,25,28)(H,26,27)/b24-12-. The quantitative estimate of drug-likeness (QED) is 0.463. The summed E-state index contributed by atoms with van der Waals surface area (Å²) in [7, 11) is 0. The molecule has 1 heterocycles. The summed E-state index contributed by atoms with van der Waals surface area (Å²) in [5.74, 6) is -1.05. The highest BCUT2D eigenvalue weighted by molar-refractivity contribution is 7.12. The van der Waals surface area contributed by atoms with Gasteiger partial charge >= 0.3 is 6.18 Å². The van der Waals surface area contributed by atoms with E-state index in [1.165, 1.54) is 35.6 Å². The molecule has 3 rings (SSSR count). The molecule has 2 N–H and O–H groups in total. The maximum Gasteiger partial charge on any atom is 0.417 e. The summed E-state index contributed by atoms with van der Waals surface area (Å²) in [6, 6.07) is 14.5. The molecule has 0 spiro atoms.